The van der Waals surface area contributed by atoms with Gasteiger partial charge in [0.05, 0.1) is 6.61 Å². The van der Waals surface area contributed by atoms with Crippen LogP contribution in [-0.2, 0) is 11.3 Å². The Morgan fingerprint density at radius 1 is 1.00 bits per heavy atom. The average molecular weight is 447 g/mol. The summed E-state index contributed by atoms with van der Waals surface area (Å²) < 4.78 is 11.6. The number of nitrogens with one attached hydrogen (secondary N) is 1. The lowest BCUT2D eigenvalue weighted by atomic mass is 10.1. The summed E-state index contributed by atoms with van der Waals surface area (Å²) in [6.45, 7) is 13.2. The van der Waals surface area contributed by atoms with Crippen LogP contribution in [0.2, 0.25) is 5.02 Å². The Morgan fingerprint density at radius 2 is 1.68 bits per heavy atom. The molecular formula is C25H35ClN2O3. The van der Waals surface area contributed by atoms with Gasteiger partial charge in [0.2, 0.25) is 0 Å². The standard InChI is InChI=1S/C25H35ClN2O3/c1-7-30-24-14-20(15-27-19(6)21-10-8-9-11-22(21)26)12-13-23(24)31-16-25(29)28(17(2)3)18(4)5/h8-14,17-19,27H,7,15-16H2,1-6H3. The maximum atomic E-state index is 12.6. The number of amides is 1. The molecule has 0 aliphatic heterocycles. The summed E-state index contributed by atoms with van der Waals surface area (Å²) in [5.74, 6) is 1.18. The Kier molecular flexibility index (Phi) is 9.66. The normalized spacial score (nSPS) is 12.2. The first-order valence-corrected chi connectivity index (χ1v) is 11.3. The van der Waals surface area contributed by atoms with Crippen molar-refractivity contribution in [2.45, 2.75) is 66.2 Å². The summed E-state index contributed by atoms with van der Waals surface area (Å²) in [5, 5.41) is 4.25. The second kappa shape index (κ2) is 12.0. The Bertz CT molecular complexity index is 846. The highest BCUT2D eigenvalue weighted by Gasteiger charge is 2.21. The largest absolute Gasteiger partial charge is 0.490 e. The zero-order valence-corrected chi connectivity index (χ0v) is 20.2. The first kappa shape index (κ1) is 25.0. The van der Waals surface area contributed by atoms with E-state index < -0.39 is 0 Å². The molecule has 0 radical (unpaired) electrons. The van der Waals surface area contributed by atoms with E-state index in [4.69, 9.17) is 21.1 Å². The SMILES string of the molecule is CCOc1cc(CNC(C)c2ccccc2Cl)ccc1OCC(=O)N(C(C)C)C(C)C. The van der Waals surface area contributed by atoms with Gasteiger partial charge in [-0.1, -0.05) is 35.9 Å². The fourth-order valence-corrected chi connectivity index (χ4v) is 3.94. The number of nitrogens with zero attached hydrogens (tertiary/aromatic N) is 1. The van der Waals surface area contributed by atoms with Gasteiger partial charge in [-0.15, -0.1) is 0 Å². The van der Waals surface area contributed by atoms with Crippen molar-refractivity contribution in [2.24, 2.45) is 0 Å². The number of ether oxygens (including phenoxy) is 2. The molecule has 170 valence electrons. The highest BCUT2D eigenvalue weighted by Crippen LogP contribution is 2.29. The van der Waals surface area contributed by atoms with Gasteiger partial charge in [-0.3, -0.25) is 4.79 Å². The van der Waals surface area contributed by atoms with Gasteiger partial charge in [-0.2, -0.15) is 0 Å². The Labute approximate surface area is 191 Å². The minimum absolute atomic E-state index is 0.0163. The third-order valence-electron chi connectivity index (χ3n) is 5.04. The molecule has 6 heteroatoms. The summed E-state index contributed by atoms with van der Waals surface area (Å²) >= 11 is 6.30. The number of carbonyl (C=O) groups is 1. The van der Waals surface area contributed by atoms with Crippen molar-refractivity contribution in [1.82, 2.24) is 10.2 Å². The van der Waals surface area contributed by atoms with E-state index in [-0.39, 0.29) is 30.6 Å². The molecule has 2 rings (SSSR count). The summed E-state index contributed by atoms with van der Waals surface area (Å²) in [6, 6.07) is 14.0. The number of rotatable bonds is 11. The number of benzene rings is 2. The molecule has 0 spiro atoms. The zero-order chi connectivity index (χ0) is 23.0. The maximum Gasteiger partial charge on any atom is 0.260 e. The fourth-order valence-electron chi connectivity index (χ4n) is 3.64. The van der Waals surface area contributed by atoms with E-state index in [0.29, 0.717) is 24.7 Å². The van der Waals surface area contributed by atoms with Crippen molar-refractivity contribution in [3.63, 3.8) is 0 Å². The van der Waals surface area contributed by atoms with Crippen LogP contribution < -0.4 is 14.8 Å². The number of halogens is 1. The third-order valence-corrected chi connectivity index (χ3v) is 5.39. The Morgan fingerprint density at radius 3 is 2.29 bits per heavy atom. The molecule has 0 aliphatic carbocycles. The van der Waals surface area contributed by atoms with Crippen LogP contribution >= 0.6 is 11.6 Å². The van der Waals surface area contributed by atoms with Crippen LogP contribution in [0.5, 0.6) is 11.5 Å². The zero-order valence-electron chi connectivity index (χ0n) is 19.4. The molecule has 1 atom stereocenters. The van der Waals surface area contributed by atoms with E-state index >= 15 is 0 Å². The molecule has 0 saturated heterocycles. The van der Waals surface area contributed by atoms with Gasteiger partial charge >= 0.3 is 0 Å². The van der Waals surface area contributed by atoms with Crippen LogP contribution in [0.25, 0.3) is 0 Å². The summed E-state index contributed by atoms with van der Waals surface area (Å²) in [4.78, 5) is 14.4. The molecule has 31 heavy (non-hydrogen) atoms. The first-order chi connectivity index (χ1) is 14.7. The second-order valence-electron chi connectivity index (χ2n) is 8.12. The van der Waals surface area contributed by atoms with E-state index in [9.17, 15) is 4.79 Å². The van der Waals surface area contributed by atoms with E-state index in [0.717, 1.165) is 16.1 Å². The van der Waals surface area contributed by atoms with Gasteiger partial charge in [-0.05, 0) is 70.9 Å². The molecule has 1 unspecified atom stereocenters. The molecule has 0 fully saturated rings. The second-order valence-corrected chi connectivity index (χ2v) is 8.52. The van der Waals surface area contributed by atoms with Crippen LogP contribution in [0.1, 0.15) is 58.7 Å². The summed E-state index contributed by atoms with van der Waals surface area (Å²) in [6.07, 6.45) is 0. The molecule has 5 nitrogen and oxygen atoms in total. The third kappa shape index (κ3) is 7.15. The molecule has 2 aromatic carbocycles. The van der Waals surface area contributed by atoms with E-state index in [1.165, 1.54) is 0 Å². The Balaban J connectivity index is 2.05. The van der Waals surface area contributed by atoms with Crippen LogP contribution in [0.15, 0.2) is 42.5 Å². The lowest BCUT2D eigenvalue weighted by molar-refractivity contribution is -0.137. The molecule has 0 aliphatic rings. The number of carbonyl (C=O) groups excluding carboxylic acids is 1. The first-order valence-electron chi connectivity index (χ1n) is 10.9. The van der Waals surface area contributed by atoms with Crippen LogP contribution in [0, 0.1) is 0 Å². The molecule has 1 N–H and O–H groups in total. The van der Waals surface area contributed by atoms with Crippen LogP contribution in [0.3, 0.4) is 0 Å². The van der Waals surface area contributed by atoms with E-state index in [1.807, 2.05) is 82.0 Å². The van der Waals surface area contributed by atoms with Crippen molar-refractivity contribution >= 4 is 17.5 Å². The molecular weight excluding hydrogens is 412 g/mol. The van der Waals surface area contributed by atoms with Crippen LogP contribution in [0.4, 0.5) is 0 Å². The lowest BCUT2D eigenvalue weighted by Crippen LogP contribution is -2.44. The summed E-state index contributed by atoms with van der Waals surface area (Å²) in [5.41, 5.74) is 2.12. The lowest BCUT2D eigenvalue weighted by Gasteiger charge is -2.30. The molecule has 0 aromatic heterocycles. The van der Waals surface area contributed by atoms with Crippen molar-refractivity contribution in [3.8, 4) is 11.5 Å². The van der Waals surface area contributed by atoms with Crippen molar-refractivity contribution in [2.75, 3.05) is 13.2 Å². The van der Waals surface area contributed by atoms with Crippen molar-refractivity contribution in [3.05, 3.63) is 58.6 Å². The van der Waals surface area contributed by atoms with Gasteiger partial charge in [0, 0.05) is 29.7 Å². The quantitative estimate of drug-likeness (QED) is 0.487. The smallest absolute Gasteiger partial charge is 0.260 e. The molecule has 0 saturated carbocycles. The maximum absolute atomic E-state index is 12.6. The number of hydrogen-bond acceptors (Lipinski definition) is 4. The van der Waals surface area contributed by atoms with Crippen LogP contribution in [-0.4, -0.2) is 36.1 Å². The van der Waals surface area contributed by atoms with Gasteiger partial charge in [-0.25, -0.2) is 0 Å². The van der Waals surface area contributed by atoms with Gasteiger partial charge in [0.25, 0.3) is 5.91 Å². The fraction of sp³-hybridized carbons (Fsp3) is 0.480. The topological polar surface area (TPSA) is 50.8 Å². The van der Waals surface area contributed by atoms with Crippen molar-refractivity contribution in [1.29, 1.82) is 0 Å². The van der Waals surface area contributed by atoms with E-state index in [2.05, 4.69) is 12.2 Å². The minimum Gasteiger partial charge on any atom is -0.490 e. The predicted octanol–water partition coefficient (Wildman–Crippen LogP) is 5.61. The minimum atomic E-state index is -0.0354. The van der Waals surface area contributed by atoms with Gasteiger partial charge in [0.1, 0.15) is 0 Å². The molecule has 0 bridgehead atoms. The Hall–Kier alpha value is -2.24. The predicted molar refractivity (Wildman–Crippen MR) is 127 cm³/mol. The summed E-state index contributed by atoms with van der Waals surface area (Å²) in [7, 11) is 0. The van der Waals surface area contributed by atoms with E-state index in [1.54, 1.807) is 0 Å². The molecule has 0 heterocycles. The molecule has 2 aromatic rings. The highest BCUT2D eigenvalue weighted by molar-refractivity contribution is 6.31. The monoisotopic (exact) mass is 446 g/mol. The van der Waals surface area contributed by atoms with Gasteiger partial charge in [0.15, 0.2) is 18.1 Å². The van der Waals surface area contributed by atoms with Crippen molar-refractivity contribution < 1.29 is 14.3 Å². The number of hydrogen-bond donors (Lipinski definition) is 1. The molecule has 1 amide bonds. The van der Waals surface area contributed by atoms with Gasteiger partial charge < -0.3 is 19.7 Å². The average Bonchev–Trinajstić information content (AvgIpc) is 2.71. The highest BCUT2D eigenvalue weighted by atomic mass is 35.5.